The molecule has 8 heteroatoms. The van der Waals surface area contributed by atoms with Crippen molar-refractivity contribution in [1.82, 2.24) is 15.0 Å². The van der Waals surface area contributed by atoms with Gasteiger partial charge in [0.05, 0.1) is 24.0 Å². The highest BCUT2D eigenvalue weighted by molar-refractivity contribution is 6.52. The number of fused-ring (bicyclic) bond motifs is 1. The minimum atomic E-state index is -0.529. The van der Waals surface area contributed by atoms with E-state index < -0.39 is 11.7 Å². The summed E-state index contributed by atoms with van der Waals surface area (Å²) in [5.41, 5.74) is 2.24. The standard InChI is InChI=1S/C27H21N4O4/c32-25(14-9-19-5-1-2-6-19)20-10-12-22(13-11-20)35-18-21-17-30(29-28-21)15-16-31-24-8-4-3-7-23(24)26(33)27(31)34/h1-14,17H,15-16,18H2/b14-9+. The number of amides is 1. The largest absolute Gasteiger partial charge is 0.487 e. The Hall–Kier alpha value is -4.07. The molecule has 1 saturated carbocycles. The zero-order valence-electron chi connectivity index (χ0n) is 18.7. The second-order valence-corrected chi connectivity index (χ2v) is 8.00. The molecule has 0 N–H and O–H groups in total. The first-order valence-electron chi connectivity index (χ1n) is 11.1. The Morgan fingerprint density at radius 1 is 0.971 bits per heavy atom. The van der Waals surface area contributed by atoms with Gasteiger partial charge in [-0.2, -0.15) is 0 Å². The molecule has 0 atom stereocenters. The Morgan fingerprint density at radius 3 is 2.54 bits per heavy atom. The van der Waals surface area contributed by atoms with Gasteiger partial charge in [0.2, 0.25) is 0 Å². The van der Waals surface area contributed by atoms with Gasteiger partial charge >= 0.3 is 0 Å². The fourth-order valence-corrected chi connectivity index (χ4v) is 3.83. The number of rotatable bonds is 9. The van der Waals surface area contributed by atoms with E-state index in [1.54, 1.807) is 71.6 Å². The summed E-state index contributed by atoms with van der Waals surface area (Å²) in [6.07, 6.45) is 12.8. The van der Waals surface area contributed by atoms with Crippen LogP contribution in [0.25, 0.3) is 0 Å². The number of carbonyl (C=O) groups is 3. The van der Waals surface area contributed by atoms with Gasteiger partial charge in [-0.25, -0.2) is 0 Å². The Balaban J connectivity index is 1.12. The van der Waals surface area contributed by atoms with Crippen LogP contribution in [0.3, 0.4) is 0 Å². The van der Waals surface area contributed by atoms with Gasteiger partial charge in [-0.3, -0.25) is 19.1 Å². The lowest BCUT2D eigenvalue weighted by atomic mass is 10.1. The first-order chi connectivity index (χ1) is 17.1. The van der Waals surface area contributed by atoms with Crippen molar-refractivity contribution in [2.45, 2.75) is 13.2 Å². The molecule has 0 spiro atoms. The Labute approximate surface area is 203 Å². The molecule has 5 rings (SSSR count). The van der Waals surface area contributed by atoms with Crippen molar-refractivity contribution in [3.63, 3.8) is 0 Å². The summed E-state index contributed by atoms with van der Waals surface area (Å²) in [5, 5.41) is 8.18. The molecule has 2 aromatic carbocycles. The molecule has 2 aliphatic rings. The van der Waals surface area contributed by atoms with Crippen LogP contribution in [0.5, 0.6) is 5.75 Å². The van der Waals surface area contributed by atoms with Crippen LogP contribution in [0.1, 0.15) is 26.4 Å². The molecule has 35 heavy (non-hydrogen) atoms. The fourth-order valence-electron chi connectivity index (χ4n) is 3.83. The maximum atomic E-state index is 12.3. The molecule has 1 aromatic heterocycles. The van der Waals surface area contributed by atoms with Crippen molar-refractivity contribution in [2.75, 3.05) is 11.4 Å². The monoisotopic (exact) mass is 465 g/mol. The van der Waals surface area contributed by atoms with Crippen molar-refractivity contribution >= 4 is 23.2 Å². The van der Waals surface area contributed by atoms with Gasteiger partial charge in [0.25, 0.3) is 11.7 Å². The summed E-state index contributed by atoms with van der Waals surface area (Å²) in [6, 6.07) is 13.9. The fraction of sp³-hybridized carbons (Fsp3) is 0.111. The number of benzene rings is 2. The predicted octanol–water partition coefficient (Wildman–Crippen LogP) is 3.23. The summed E-state index contributed by atoms with van der Waals surface area (Å²) in [5.74, 6) is 0.490. The van der Waals surface area contributed by atoms with Crippen LogP contribution in [0, 0.1) is 31.6 Å². The molecule has 173 valence electrons. The van der Waals surface area contributed by atoms with Crippen molar-refractivity contribution < 1.29 is 19.1 Å². The molecule has 1 aliphatic heterocycles. The van der Waals surface area contributed by atoms with Gasteiger partial charge in [-0.1, -0.05) is 23.4 Å². The lowest BCUT2D eigenvalue weighted by Crippen LogP contribution is -2.32. The molecular formula is C27H21N4O4. The summed E-state index contributed by atoms with van der Waals surface area (Å²) in [4.78, 5) is 38.2. The highest BCUT2D eigenvalue weighted by Crippen LogP contribution is 2.28. The van der Waals surface area contributed by atoms with Crippen LogP contribution in [0.15, 0.2) is 66.9 Å². The normalized spacial score (nSPS) is 15.8. The van der Waals surface area contributed by atoms with Gasteiger partial charge in [0.1, 0.15) is 18.1 Å². The van der Waals surface area contributed by atoms with E-state index in [9.17, 15) is 14.4 Å². The summed E-state index contributed by atoms with van der Waals surface area (Å²) in [6.45, 7) is 0.893. The SMILES string of the molecule is O=C(/C=C/[C]1[CH][CH][CH][CH]1)c1ccc(OCc2cn(CCN3C(=O)C(=O)c4ccccc43)nn2)cc1. The number of hydrogen-bond donors (Lipinski definition) is 0. The van der Waals surface area contributed by atoms with E-state index in [0.29, 0.717) is 41.3 Å². The second-order valence-electron chi connectivity index (χ2n) is 8.00. The number of nitrogens with zero attached hydrogens (tertiary/aromatic N) is 4. The molecule has 0 saturated heterocycles. The Morgan fingerprint density at radius 2 is 1.74 bits per heavy atom. The average molecular weight is 465 g/mol. The number of ether oxygens (including phenoxy) is 1. The number of hydrogen-bond acceptors (Lipinski definition) is 6. The molecular weight excluding hydrogens is 444 g/mol. The van der Waals surface area contributed by atoms with Gasteiger partial charge < -0.3 is 9.64 Å². The maximum Gasteiger partial charge on any atom is 0.299 e. The van der Waals surface area contributed by atoms with Crippen LogP contribution < -0.4 is 9.64 Å². The van der Waals surface area contributed by atoms with Crippen LogP contribution in [0.2, 0.25) is 0 Å². The van der Waals surface area contributed by atoms with Crippen molar-refractivity contribution in [3.8, 4) is 5.75 Å². The summed E-state index contributed by atoms with van der Waals surface area (Å²) < 4.78 is 7.37. The molecule has 2 heterocycles. The highest BCUT2D eigenvalue weighted by Gasteiger charge is 2.35. The third-order valence-corrected chi connectivity index (χ3v) is 5.66. The van der Waals surface area contributed by atoms with Gasteiger partial charge in [-0.05, 0) is 68.2 Å². The van der Waals surface area contributed by atoms with E-state index in [-0.39, 0.29) is 12.4 Å². The van der Waals surface area contributed by atoms with E-state index in [4.69, 9.17) is 4.74 Å². The topological polar surface area (TPSA) is 94.4 Å². The van der Waals surface area contributed by atoms with E-state index in [1.165, 1.54) is 4.90 Å². The third kappa shape index (κ3) is 5.06. The van der Waals surface area contributed by atoms with Crippen LogP contribution in [-0.4, -0.2) is 39.0 Å². The predicted molar refractivity (Wildman–Crippen MR) is 128 cm³/mol. The molecule has 1 aliphatic carbocycles. The average Bonchev–Trinajstić information content (AvgIpc) is 3.62. The van der Waals surface area contributed by atoms with Crippen LogP contribution in [-0.2, 0) is 17.9 Å². The minimum absolute atomic E-state index is 0.0819. The van der Waals surface area contributed by atoms with Gasteiger partial charge in [-0.15, -0.1) is 5.10 Å². The molecule has 1 amide bonds. The number of para-hydroxylation sites is 1. The molecule has 1 fully saturated rings. The van der Waals surface area contributed by atoms with E-state index in [0.717, 1.165) is 5.92 Å². The number of ketones is 2. The van der Waals surface area contributed by atoms with E-state index in [1.807, 2.05) is 25.7 Å². The Bertz CT molecular complexity index is 1270. The smallest absolute Gasteiger partial charge is 0.299 e. The van der Waals surface area contributed by atoms with Crippen molar-refractivity contribution in [1.29, 1.82) is 0 Å². The number of allylic oxidation sites excluding steroid dienone is 2. The first kappa shape index (κ1) is 22.7. The van der Waals surface area contributed by atoms with Gasteiger partial charge in [0, 0.05) is 18.0 Å². The van der Waals surface area contributed by atoms with Crippen molar-refractivity contribution in [3.05, 3.63) is 115 Å². The van der Waals surface area contributed by atoms with Crippen LogP contribution in [0.4, 0.5) is 5.69 Å². The zero-order valence-corrected chi connectivity index (χ0v) is 18.7. The minimum Gasteiger partial charge on any atom is -0.487 e. The highest BCUT2D eigenvalue weighted by atomic mass is 16.5. The number of Topliss-reactive ketones (excluding diaryl/α,β-unsaturated/α-hetero) is 1. The second kappa shape index (κ2) is 10.0. The maximum absolute atomic E-state index is 12.3. The molecule has 0 bridgehead atoms. The third-order valence-electron chi connectivity index (χ3n) is 5.66. The summed E-state index contributed by atoms with van der Waals surface area (Å²) in [7, 11) is 0. The Kier molecular flexibility index (Phi) is 6.52. The van der Waals surface area contributed by atoms with Crippen LogP contribution >= 0.6 is 0 Å². The number of anilines is 1. The van der Waals surface area contributed by atoms with Gasteiger partial charge in [0.15, 0.2) is 5.78 Å². The van der Waals surface area contributed by atoms with E-state index >= 15 is 0 Å². The summed E-state index contributed by atoms with van der Waals surface area (Å²) >= 11 is 0. The quantitative estimate of drug-likeness (QED) is 0.274. The van der Waals surface area contributed by atoms with E-state index in [2.05, 4.69) is 10.3 Å². The molecule has 8 nitrogen and oxygen atoms in total. The first-order valence-corrected chi connectivity index (χ1v) is 11.1. The molecule has 3 aromatic rings. The number of carbonyl (C=O) groups excluding carboxylic acids is 3. The lowest BCUT2D eigenvalue weighted by Gasteiger charge is -2.15. The molecule has 5 radical (unpaired) electrons. The molecule has 0 unspecified atom stereocenters. The lowest BCUT2D eigenvalue weighted by molar-refractivity contribution is -0.114. The zero-order chi connectivity index (χ0) is 24.2. The number of aromatic nitrogens is 3. The van der Waals surface area contributed by atoms with Crippen molar-refractivity contribution in [2.24, 2.45) is 0 Å².